The largest absolute Gasteiger partial charge is 0.431 e. The lowest BCUT2D eigenvalue weighted by Gasteiger charge is -2.34. The molecule has 2 aliphatic rings. The summed E-state index contributed by atoms with van der Waals surface area (Å²) < 4.78 is 6.10. The van der Waals surface area contributed by atoms with E-state index >= 15 is 0 Å². The molecule has 1 saturated carbocycles. The number of carbonyl (C=O) groups excluding carboxylic acids is 2. The summed E-state index contributed by atoms with van der Waals surface area (Å²) in [6.07, 6.45) is 2.03. The van der Waals surface area contributed by atoms with Gasteiger partial charge < -0.3 is 14.2 Å². The third-order valence-corrected chi connectivity index (χ3v) is 6.69. The van der Waals surface area contributed by atoms with Gasteiger partial charge >= 0.3 is 0 Å². The molecule has 1 aliphatic carbocycles. The summed E-state index contributed by atoms with van der Waals surface area (Å²) >= 11 is 1.32. The first kappa shape index (κ1) is 20.8. The van der Waals surface area contributed by atoms with E-state index in [0.717, 1.165) is 29.7 Å². The average Bonchev–Trinajstić information content (AvgIpc) is 3.62. The lowest BCUT2D eigenvalue weighted by atomic mass is 10.1. The van der Waals surface area contributed by atoms with Crippen LogP contribution in [-0.4, -0.2) is 58.5 Å². The Balaban J connectivity index is 1.25. The highest BCUT2D eigenvalue weighted by molar-refractivity contribution is 7.99. The summed E-state index contributed by atoms with van der Waals surface area (Å²) in [4.78, 5) is 33.4. The zero-order valence-electron chi connectivity index (χ0n) is 17.8. The number of amides is 2. The first-order valence-corrected chi connectivity index (χ1v) is 12.0. The van der Waals surface area contributed by atoms with Gasteiger partial charge in [0.1, 0.15) is 5.69 Å². The maximum Gasteiger partial charge on any atom is 0.257 e. The first-order chi connectivity index (χ1) is 15.7. The number of carbonyl (C=O) groups is 2. The van der Waals surface area contributed by atoms with E-state index in [1.165, 1.54) is 11.8 Å². The van der Waals surface area contributed by atoms with Crippen molar-refractivity contribution in [2.45, 2.75) is 18.1 Å². The molecule has 1 aromatic heterocycles. The molecule has 6 nitrogen and oxygen atoms in total. The number of piperazine rings is 1. The SMILES string of the molecule is O=C(CSc1nc(-c2ccccc2)c(-c2ccccc2)o1)N1CCN(C(=O)C2CC2)CC1. The number of aromatic nitrogens is 1. The average molecular weight is 448 g/mol. The van der Waals surface area contributed by atoms with Crippen molar-refractivity contribution in [2.24, 2.45) is 5.92 Å². The second-order valence-electron chi connectivity index (χ2n) is 8.16. The van der Waals surface area contributed by atoms with Crippen molar-refractivity contribution in [2.75, 3.05) is 31.9 Å². The molecular weight excluding hydrogens is 422 g/mol. The summed E-state index contributed by atoms with van der Waals surface area (Å²) in [5, 5.41) is 0.485. The lowest BCUT2D eigenvalue weighted by Crippen LogP contribution is -2.51. The molecule has 164 valence electrons. The minimum Gasteiger partial charge on any atom is -0.431 e. The number of rotatable bonds is 6. The molecule has 2 aromatic carbocycles. The molecule has 2 heterocycles. The van der Waals surface area contributed by atoms with Crippen LogP contribution in [0, 0.1) is 5.92 Å². The number of hydrogen-bond donors (Lipinski definition) is 0. The number of thioether (sulfide) groups is 1. The van der Waals surface area contributed by atoms with E-state index in [-0.39, 0.29) is 23.5 Å². The third kappa shape index (κ3) is 4.58. The normalized spacial score (nSPS) is 16.2. The summed E-state index contributed by atoms with van der Waals surface area (Å²) in [6, 6.07) is 19.8. The Morgan fingerprint density at radius 2 is 1.47 bits per heavy atom. The fourth-order valence-electron chi connectivity index (χ4n) is 3.92. The van der Waals surface area contributed by atoms with Crippen molar-refractivity contribution in [1.82, 2.24) is 14.8 Å². The predicted octanol–water partition coefficient (Wildman–Crippen LogP) is 4.18. The van der Waals surface area contributed by atoms with E-state index in [9.17, 15) is 9.59 Å². The molecule has 0 unspecified atom stereocenters. The van der Waals surface area contributed by atoms with Crippen LogP contribution in [0.1, 0.15) is 12.8 Å². The Morgan fingerprint density at radius 1 is 0.875 bits per heavy atom. The lowest BCUT2D eigenvalue weighted by molar-refractivity contribution is -0.139. The van der Waals surface area contributed by atoms with E-state index in [2.05, 4.69) is 0 Å². The Hall–Kier alpha value is -3.06. The van der Waals surface area contributed by atoms with Crippen LogP contribution in [0.25, 0.3) is 22.6 Å². The molecule has 5 rings (SSSR count). The molecule has 1 saturated heterocycles. The molecule has 0 atom stereocenters. The van der Waals surface area contributed by atoms with Gasteiger partial charge in [-0.15, -0.1) is 0 Å². The molecule has 32 heavy (non-hydrogen) atoms. The zero-order chi connectivity index (χ0) is 21.9. The number of benzene rings is 2. The number of nitrogens with zero attached hydrogens (tertiary/aromatic N) is 3. The molecule has 0 N–H and O–H groups in total. The Labute approximate surface area is 191 Å². The van der Waals surface area contributed by atoms with Gasteiger partial charge in [0.25, 0.3) is 5.22 Å². The minimum atomic E-state index is 0.0502. The third-order valence-electron chi connectivity index (χ3n) is 5.88. The van der Waals surface area contributed by atoms with Crippen molar-refractivity contribution in [3.63, 3.8) is 0 Å². The van der Waals surface area contributed by atoms with Crippen molar-refractivity contribution in [1.29, 1.82) is 0 Å². The Kier molecular flexibility index (Phi) is 5.99. The van der Waals surface area contributed by atoms with Gasteiger partial charge in [0, 0.05) is 43.2 Å². The van der Waals surface area contributed by atoms with Crippen LogP contribution in [0.15, 0.2) is 70.3 Å². The summed E-state index contributed by atoms with van der Waals surface area (Å²) in [5.41, 5.74) is 2.71. The zero-order valence-corrected chi connectivity index (χ0v) is 18.6. The standard InChI is InChI=1S/C25H25N3O3S/c29-21(27-13-15-28(16-14-27)24(30)20-11-12-20)17-32-25-26-22(18-7-3-1-4-8-18)23(31-25)19-9-5-2-6-10-19/h1-10,20H,11-17H2. The quantitative estimate of drug-likeness (QED) is 0.531. The smallest absolute Gasteiger partial charge is 0.257 e. The van der Waals surface area contributed by atoms with Crippen molar-refractivity contribution < 1.29 is 14.0 Å². The molecular formula is C25H25N3O3S. The van der Waals surface area contributed by atoms with Crippen molar-refractivity contribution in [3.05, 3.63) is 60.7 Å². The minimum absolute atomic E-state index is 0.0502. The van der Waals surface area contributed by atoms with Gasteiger partial charge in [0.05, 0.1) is 5.75 Å². The van der Waals surface area contributed by atoms with Crippen molar-refractivity contribution >= 4 is 23.6 Å². The van der Waals surface area contributed by atoms with E-state index in [4.69, 9.17) is 9.40 Å². The highest BCUT2D eigenvalue weighted by Crippen LogP contribution is 2.35. The van der Waals surface area contributed by atoms with Gasteiger partial charge in [-0.3, -0.25) is 9.59 Å². The van der Waals surface area contributed by atoms with E-state index in [1.54, 1.807) is 0 Å². The van der Waals surface area contributed by atoms with Gasteiger partial charge in [0.15, 0.2) is 5.76 Å². The Bertz CT molecular complexity index is 1030. The fraction of sp³-hybridized carbons (Fsp3) is 0.320. The van der Waals surface area contributed by atoms with Gasteiger partial charge in [0.2, 0.25) is 11.8 Å². The molecule has 0 bridgehead atoms. The van der Waals surface area contributed by atoms with Gasteiger partial charge in [-0.2, -0.15) is 0 Å². The topological polar surface area (TPSA) is 66.7 Å². The highest BCUT2D eigenvalue weighted by atomic mass is 32.2. The summed E-state index contributed by atoms with van der Waals surface area (Å²) in [7, 11) is 0. The van der Waals surface area contributed by atoms with Crippen LogP contribution in [-0.2, 0) is 9.59 Å². The van der Waals surface area contributed by atoms with Crippen LogP contribution >= 0.6 is 11.8 Å². The van der Waals surface area contributed by atoms with E-state index < -0.39 is 0 Å². The molecule has 2 fully saturated rings. The number of oxazole rings is 1. The molecule has 2 amide bonds. The van der Waals surface area contributed by atoms with Crippen LogP contribution in [0.4, 0.5) is 0 Å². The van der Waals surface area contributed by atoms with Gasteiger partial charge in [-0.25, -0.2) is 4.98 Å². The van der Waals surface area contributed by atoms with E-state index in [1.807, 2.05) is 70.5 Å². The highest BCUT2D eigenvalue weighted by Gasteiger charge is 2.35. The molecule has 7 heteroatoms. The van der Waals surface area contributed by atoms with Gasteiger partial charge in [-0.05, 0) is 12.8 Å². The maximum absolute atomic E-state index is 12.8. The Morgan fingerprint density at radius 3 is 2.09 bits per heavy atom. The van der Waals surface area contributed by atoms with Crippen LogP contribution in [0.2, 0.25) is 0 Å². The molecule has 3 aromatic rings. The second-order valence-corrected chi connectivity index (χ2v) is 9.09. The van der Waals surface area contributed by atoms with Crippen LogP contribution in [0.5, 0.6) is 0 Å². The molecule has 0 spiro atoms. The van der Waals surface area contributed by atoms with E-state index in [0.29, 0.717) is 37.2 Å². The second kappa shape index (κ2) is 9.20. The molecule has 0 radical (unpaired) electrons. The number of hydrogen-bond acceptors (Lipinski definition) is 5. The first-order valence-electron chi connectivity index (χ1n) is 11.0. The summed E-state index contributed by atoms with van der Waals surface area (Å²) in [5.74, 6) is 1.51. The molecule has 1 aliphatic heterocycles. The van der Waals surface area contributed by atoms with Crippen molar-refractivity contribution in [3.8, 4) is 22.6 Å². The van der Waals surface area contributed by atoms with Gasteiger partial charge in [-0.1, -0.05) is 72.4 Å². The maximum atomic E-state index is 12.8. The predicted molar refractivity (Wildman–Crippen MR) is 124 cm³/mol. The monoisotopic (exact) mass is 447 g/mol. The summed E-state index contributed by atoms with van der Waals surface area (Å²) in [6.45, 7) is 2.43. The van der Waals surface area contributed by atoms with Crippen LogP contribution in [0.3, 0.4) is 0 Å². The fourth-order valence-corrected chi connectivity index (χ4v) is 4.65. The van der Waals surface area contributed by atoms with Crippen LogP contribution < -0.4 is 0 Å².